The Morgan fingerprint density at radius 2 is 1.89 bits per heavy atom. The summed E-state index contributed by atoms with van der Waals surface area (Å²) in [5, 5.41) is 14.2. The van der Waals surface area contributed by atoms with E-state index in [9.17, 15) is 18.0 Å². The molecule has 1 N–H and O–H groups in total. The van der Waals surface area contributed by atoms with Crippen LogP contribution in [0.4, 0.5) is 18.9 Å². The van der Waals surface area contributed by atoms with E-state index in [-0.39, 0.29) is 11.4 Å². The molecule has 0 saturated carbocycles. The molecule has 0 aliphatic heterocycles. The number of nitrogens with one attached hydrogen (secondary N) is 1. The van der Waals surface area contributed by atoms with Gasteiger partial charge in [-0.05, 0) is 53.6 Å². The highest BCUT2D eigenvalue weighted by Gasteiger charge is 2.33. The van der Waals surface area contributed by atoms with Crippen molar-refractivity contribution in [3.8, 4) is 5.69 Å². The number of hydrogen-bond donors (Lipinski definition) is 1. The minimum atomic E-state index is -4.55. The number of carbonyl (C=O) groups is 1. The number of para-hydroxylation sites is 1. The van der Waals surface area contributed by atoms with E-state index in [1.165, 1.54) is 22.9 Å². The number of aromatic nitrogens is 4. The van der Waals surface area contributed by atoms with E-state index >= 15 is 0 Å². The lowest BCUT2D eigenvalue weighted by atomic mass is 10.1. The second-order valence-corrected chi connectivity index (χ2v) is 6.91. The summed E-state index contributed by atoms with van der Waals surface area (Å²) in [6.45, 7) is 3.89. The van der Waals surface area contributed by atoms with Gasteiger partial charge in [-0.1, -0.05) is 36.0 Å². The van der Waals surface area contributed by atoms with Crippen molar-refractivity contribution in [3.05, 3.63) is 59.2 Å². The summed E-state index contributed by atoms with van der Waals surface area (Å²) >= 11 is 1.04. The van der Waals surface area contributed by atoms with Crippen LogP contribution in [0, 0.1) is 13.8 Å². The van der Waals surface area contributed by atoms with E-state index in [0.29, 0.717) is 5.16 Å². The van der Waals surface area contributed by atoms with Gasteiger partial charge in [-0.25, -0.2) is 0 Å². The van der Waals surface area contributed by atoms with Gasteiger partial charge in [-0.3, -0.25) is 4.79 Å². The Hall–Kier alpha value is -2.88. The predicted octanol–water partition coefficient (Wildman–Crippen LogP) is 4.03. The fraction of sp³-hybridized carbons (Fsp3) is 0.222. The molecule has 0 fully saturated rings. The maximum absolute atomic E-state index is 13.0. The lowest BCUT2D eigenvalue weighted by molar-refractivity contribution is -0.137. The number of tetrazole rings is 1. The maximum atomic E-state index is 13.0. The molecule has 1 aromatic heterocycles. The van der Waals surface area contributed by atoms with Crippen molar-refractivity contribution in [2.45, 2.75) is 25.2 Å². The molecule has 1 heterocycles. The molecule has 3 rings (SSSR count). The van der Waals surface area contributed by atoms with E-state index in [2.05, 4.69) is 20.8 Å². The van der Waals surface area contributed by atoms with Crippen LogP contribution in [0.15, 0.2) is 47.6 Å². The number of rotatable bonds is 5. The van der Waals surface area contributed by atoms with Gasteiger partial charge in [0.25, 0.3) is 0 Å². The quantitative estimate of drug-likeness (QED) is 0.647. The minimum absolute atomic E-state index is 0.141. The first-order valence-electron chi connectivity index (χ1n) is 8.21. The summed E-state index contributed by atoms with van der Waals surface area (Å²) in [5.41, 5.74) is 1.64. The summed E-state index contributed by atoms with van der Waals surface area (Å²) in [7, 11) is 0. The zero-order valence-corrected chi connectivity index (χ0v) is 15.8. The highest BCUT2D eigenvalue weighted by atomic mass is 32.2. The van der Waals surface area contributed by atoms with E-state index < -0.39 is 17.6 Å². The topological polar surface area (TPSA) is 72.7 Å². The van der Waals surface area contributed by atoms with Crippen molar-refractivity contribution in [3.63, 3.8) is 0 Å². The van der Waals surface area contributed by atoms with Crippen LogP contribution in [0.5, 0.6) is 0 Å². The van der Waals surface area contributed by atoms with Gasteiger partial charge in [0.1, 0.15) is 0 Å². The van der Waals surface area contributed by atoms with Gasteiger partial charge in [-0.2, -0.15) is 17.9 Å². The summed E-state index contributed by atoms with van der Waals surface area (Å²) in [6, 6.07) is 10.5. The molecule has 10 heteroatoms. The molecule has 0 aliphatic rings. The number of nitrogens with zero attached hydrogens (tertiary/aromatic N) is 4. The first kappa shape index (κ1) is 19.9. The third-order valence-electron chi connectivity index (χ3n) is 4.08. The summed E-state index contributed by atoms with van der Waals surface area (Å²) in [6.07, 6.45) is -4.55. The molecule has 0 bridgehead atoms. The average molecular weight is 407 g/mol. The number of carbonyl (C=O) groups excluding carboxylic acids is 1. The van der Waals surface area contributed by atoms with Gasteiger partial charge in [0.15, 0.2) is 0 Å². The van der Waals surface area contributed by atoms with Crippen LogP contribution in [0.1, 0.15) is 16.7 Å². The van der Waals surface area contributed by atoms with Crippen molar-refractivity contribution in [1.29, 1.82) is 0 Å². The number of thioether (sulfide) groups is 1. The van der Waals surface area contributed by atoms with Crippen LogP contribution in [-0.2, 0) is 11.0 Å². The molecular formula is C18H16F3N5OS. The zero-order valence-electron chi connectivity index (χ0n) is 15.0. The van der Waals surface area contributed by atoms with Gasteiger partial charge in [0, 0.05) is 0 Å². The number of anilines is 1. The van der Waals surface area contributed by atoms with E-state index in [1.54, 1.807) is 0 Å². The fourth-order valence-corrected chi connectivity index (χ4v) is 3.22. The number of aryl methyl sites for hydroxylation is 1. The molecule has 0 atom stereocenters. The van der Waals surface area contributed by atoms with Crippen molar-refractivity contribution >= 4 is 23.4 Å². The number of benzene rings is 2. The van der Waals surface area contributed by atoms with Crippen molar-refractivity contribution in [1.82, 2.24) is 20.2 Å². The molecule has 3 aromatic rings. The third kappa shape index (κ3) is 4.33. The molecule has 2 aromatic carbocycles. The summed E-state index contributed by atoms with van der Waals surface area (Å²) < 4.78 is 40.6. The fourth-order valence-electron chi connectivity index (χ4n) is 2.54. The monoisotopic (exact) mass is 407 g/mol. The molecule has 0 radical (unpaired) electrons. The highest BCUT2D eigenvalue weighted by molar-refractivity contribution is 7.99. The Bertz CT molecular complexity index is 1000. The van der Waals surface area contributed by atoms with Gasteiger partial charge in [0.05, 0.1) is 22.7 Å². The van der Waals surface area contributed by atoms with Gasteiger partial charge >= 0.3 is 6.18 Å². The second-order valence-electron chi connectivity index (χ2n) is 5.97. The normalized spacial score (nSPS) is 11.5. The molecule has 0 aliphatic carbocycles. The van der Waals surface area contributed by atoms with Crippen LogP contribution >= 0.6 is 11.8 Å². The molecule has 0 saturated heterocycles. The zero-order chi connectivity index (χ0) is 20.3. The Labute approximate surface area is 163 Å². The Morgan fingerprint density at radius 3 is 2.64 bits per heavy atom. The van der Waals surface area contributed by atoms with E-state index in [1.807, 2.05) is 32.0 Å². The van der Waals surface area contributed by atoms with Crippen molar-refractivity contribution in [2.75, 3.05) is 11.1 Å². The summed E-state index contributed by atoms with van der Waals surface area (Å²) in [5.74, 6) is -0.727. The number of hydrogen-bond acceptors (Lipinski definition) is 5. The molecule has 6 nitrogen and oxygen atoms in total. The van der Waals surface area contributed by atoms with Gasteiger partial charge in [-0.15, -0.1) is 5.10 Å². The average Bonchev–Trinajstić information content (AvgIpc) is 3.10. The van der Waals surface area contributed by atoms with Crippen LogP contribution < -0.4 is 5.32 Å². The summed E-state index contributed by atoms with van der Waals surface area (Å²) in [4.78, 5) is 12.2. The third-order valence-corrected chi connectivity index (χ3v) is 5.00. The van der Waals surface area contributed by atoms with Crippen LogP contribution in [-0.4, -0.2) is 31.9 Å². The van der Waals surface area contributed by atoms with Crippen LogP contribution in [0.2, 0.25) is 0 Å². The predicted molar refractivity (Wildman–Crippen MR) is 99.4 cm³/mol. The SMILES string of the molecule is Cc1cccc(-n2nnnc2SCC(=O)Nc2ccccc2C(F)(F)F)c1C. The molecule has 1 amide bonds. The lowest BCUT2D eigenvalue weighted by Gasteiger charge is -2.13. The highest BCUT2D eigenvalue weighted by Crippen LogP contribution is 2.34. The first-order valence-corrected chi connectivity index (χ1v) is 9.20. The lowest BCUT2D eigenvalue weighted by Crippen LogP contribution is -2.18. The Morgan fingerprint density at radius 1 is 1.14 bits per heavy atom. The Balaban J connectivity index is 1.72. The van der Waals surface area contributed by atoms with Gasteiger partial charge < -0.3 is 5.32 Å². The molecular weight excluding hydrogens is 391 g/mol. The second kappa shape index (κ2) is 8.01. The minimum Gasteiger partial charge on any atom is -0.325 e. The Kier molecular flexibility index (Phi) is 5.68. The smallest absolute Gasteiger partial charge is 0.325 e. The van der Waals surface area contributed by atoms with Crippen molar-refractivity contribution in [2.24, 2.45) is 0 Å². The van der Waals surface area contributed by atoms with E-state index in [0.717, 1.165) is 34.6 Å². The molecule has 0 unspecified atom stereocenters. The number of amides is 1. The van der Waals surface area contributed by atoms with E-state index in [4.69, 9.17) is 0 Å². The largest absolute Gasteiger partial charge is 0.418 e. The van der Waals surface area contributed by atoms with Crippen LogP contribution in [0.25, 0.3) is 5.69 Å². The standard InChI is InChI=1S/C18H16F3N5OS/c1-11-6-5-9-15(12(11)2)26-17(23-24-25-26)28-10-16(27)22-14-8-4-3-7-13(14)18(19,20)21/h3-9H,10H2,1-2H3,(H,22,27). The molecule has 0 spiro atoms. The number of halogens is 3. The molecule has 28 heavy (non-hydrogen) atoms. The van der Waals surface area contributed by atoms with Gasteiger partial charge in [0.2, 0.25) is 11.1 Å². The van der Waals surface area contributed by atoms with Crippen LogP contribution in [0.3, 0.4) is 0 Å². The molecule has 146 valence electrons. The number of alkyl halides is 3. The first-order chi connectivity index (χ1) is 13.3. The van der Waals surface area contributed by atoms with Crippen molar-refractivity contribution < 1.29 is 18.0 Å². The maximum Gasteiger partial charge on any atom is 0.418 e.